The van der Waals surface area contributed by atoms with Crippen molar-refractivity contribution in [2.45, 2.75) is 73.1 Å². The van der Waals surface area contributed by atoms with Crippen LogP contribution in [0.25, 0.3) is 0 Å². The van der Waals surface area contributed by atoms with E-state index in [0.717, 1.165) is 0 Å². The van der Waals surface area contributed by atoms with Crippen LogP contribution in [0.4, 0.5) is 0 Å². The molecule has 0 radical (unpaired) electrons. The molecule has 0 unspecified atom stereocenters. The number of rotatable bonds is 3. The molecule has 0 saturated carbocycles. The Kier molecular flexibility index (Phi) is 4.41. The summed E-state index contributed by atoms with van der Waals surface area (Å²) in [5.74, 6) is 1.85. The first kappa shape index (κ1) is 14.3. The molecule has 0 bridgehead atoms. The molecule has 96 valence electrons. The number of hydrogen-bond donors (Lipinski definition) is 0. The van der Waals surface area contributed by atoms with Gasteiger partial charge in [0.05, 0.1) is 0 Å². The lowest BCUT2D eigenvalue weighted by Gasteiger charge is -2.24. The molecule has 0 atom stereocenters. The molecular formula is C17H28. The summed E-state index contributed by atoms with van der Waals surface area (Å²) < 4.78 is 0. The van der Waals surface area contributed by atoms with Gasteiger partial charge in [0.1, 0.15) is 0 Å². The molecule has 0 spiro atoms. The van der Waals surface area contributed by atoms with Crippen LogP contribution in [0, 0.1) is 13.8 Å². The molecular weight excluding hydrogens is 204 g/mol. The standard InChI is InChI=1S/C17H28/c1-10(2)15-9-16(11(3)4)14(8)17(12(5)6)13(15)7/h9-12H,1-8H3. The topological polar surface area (TPSA) is 0 Å². The maximum absolute atomic E-state index is 2.44. The van der Waals surface area contributed by atoms with E-state index in [0.29, 0.717) is 17.8 Å². The zero-order chi connectivity index (χ0) is 13.3. The monoisotopic (exact) mass is 232 g/mol. The average Bonchev–Trinajstić information content (AvgIpc) is 2.15. The lowest BCUT2D eigenvalue weighted by atomic mass is 9.81. The van der Waals surface area contributed by atoms with Crippen LogP contribution in [-0.2, 0) is 0 Å². The van der Waals surface area contributed by atoms with Gasteiger partial charge in [0.15, 0.2) is 0 Å². The highest BCUT2D eigenvalue weighted by atomic mass is 14.2. The summed E-state index contributed by atoms with van der Waals surface area (Å²) in [5.41, 5.74) is 7.65. The summed E-state index contributed by atoms with van der Waals surface area (Å²) in [6.45, 7) is 18.4. The van der Waals surface area contributed by atoms with E-state index in [9.17, 15) is 0 Å². The molecule has 0 aliphatic carbocycles. The summed E-state index contributed by atoms with van der Waals surface area (Å²) in [5, 5.41) is 0. The van der Waals surface area contributed by atoms with Gasteiger partial charge in [0.25, 0.3) is 0 Å². The molecule has 0 amide bonds. The van der Waals surface area contributed by atoms with E-state index in [1.165, 1.54) is 22.3 Å². The van der Waals surface area contributed by atoms with Crippen LogP contribution >= 0.6 is 0 Å². The molecule has 1 rings (SSSR count). The predicted molar refractivity (Wildman–Crippen MR) is 78.2 cm³/mol. The van der Waals surface area contributed by atoms with Crippen LogP contribution < -0.4 is 0 Å². The van der Waals surface area contributed by atoms with Gasteiger partial charge in [-0.25, -0.2) is 0 Å². The van der Waals surface area contributed by atoms with Gasteiger partial charge in [0, 0.05) is 0 Å². The summed E-state index contributed by atoms with van der Waals surface area (Å²) in [6, 6.07) is 2.44. The first-order valence-corrected chi connectivity index (χ1v) is 6.91. The molecule has 1 aromatic rings. The minimum absolute atomic E-state index is 0.616. The summed E-state index contributed by atoms with van der Waals surface area (Å²) in [6.07, 6.45) is 0. The average molecular weight is 232 g/mol. The van der Waals surface area contributed by atoms with Gasteiger partial charge in [-0.1, -0.05) is 47.6 Å². The van der Waals surface area contributed by atoms with Gasteiger partial charge >= 0.3 is 0 Å². The Labute approximate surface area is 107 Å². The summed E-state index contributed by atoms with van der Waals surface area (Å²) in [4.78, 5) is 0. The van der Waals surface area contributed by atoms with Gasteiger partial charge < -0.3 is 0 Å². The molecule has 0 nitrogen and oxygen atoms in total. The molecule has 0 aromatic heterocycles. The Morgan fingerprint density at radius 3 is 1.24 bits per heavy atom. The molecule has 1 aromatic carbocycles. The van der Waals surface area contributed by atoms with E-state index in [4.69, 9.17) is 0 Å². The first-order chi connectivity index (χ1) is 7.77. The Morgan fingerprint density at radius 1 is 0.647 bits per heavy atom. The Hall–Kier alpha value is -0.780. The van der Waals surface area contributed by atoms with E-state index in [1.54, 1.807) is 5.56 Å². The maximum atomic E-state index is 2.44. The van der Waals surface area contributed by atoms with Crippen molar-refractivity contribution in [3.63, 3.8) is 0 Å². The predicted octanol–water partition coefficient (Wildman–Crippen LogP) is 5.67. The Balaban J connectivity index is 3.58. The van der Waals surface area contributed by atoms with Crippen molar-refractivity contribution < 1.29 is 0 Å². The highest BCUT2D eigenvalue weighted by molar-refractivity contribution is 5.48. The lowest BCUT2D eigenvalue weighted by Crippen LogP contribution is -2.07. The van der Waals surface area contributed by atoms with Crippen molar-refractivity contribution in [2.24, 2.45) is 0 Å². The van der Waals surface area contributed by atoms with Gasteiger partial charge in [-0.15, -0.1) is 0 Å². The van der Waals surface area contributed by atoms with Crippen LogP contribution in [-0.4, -0.2) is 0 Å². The quantitative estimate of drug-likeness (QED) is 0.629. The zero-order valence-corrected chi connectivity index (χ0v) is 12.8. The van der Waals surface area contributed by atoms with Crippen molar-refractivity contribution in [1.82, 2.24) is 0 Å². The fourth-order valence-corrected chi connectivity index (χ4v) is 3.04. The molecule has 0 heteroatoms. The van der Waals surface area contributed by atoms with Crippen LogP contribution in [0.15, 0.2) is 6.07 Å². The van der Waals surface area contributed by atoms with Crippen LogP contribution in [0.1, 0.15) is 87.1 Å². The van der Waals surface area contributed by atoms with E-state index in [1.807, 2.05) is 0 Å². The van der Waals surface area contributed by atoms with E-state index >= 15 is 0 Å². The molecule has 0 N–H and O–H groups in total. The third-order valence-electron chi connectivity index (χ3n) is 3.81. The third kappa shape index (κ3) is 2.73. The highest BCUT2D eigenvalue weighted by Gasteiger charge is 2.17. The van der Waals surface area contributed by atoms with E-state index in [2.05, 4.69) is 61.5 Å². The maximum Gasteiger partial charge on any atom is -0.0213 e. The second-order valence-corrected chi connectivity index (χ2v) is 6.18. The first-order valence-electron chi connectivity index (χ1n) is 6.91. The van der Waals surface area contributed by atoms with Crippen LogP contribution in [0.3, 0.4) is 0 Å². The molecule has 0 aliphatic rings. The molecule has 0 heterocycles. The SMILES string of the molecule is Cc1c(C(C)C)cc(C(C)C)c(C)c1C(C)C. The van der Waals surface area contributed by atoms with Crippen molar-refractivity contribution in [3.8, 4) is 0 Å². The summed E-state index contributed by atoms with van der Waals surface area (Å²) >= 11 is 0. The van der Waals surface area contributed by atoms with E-state index < -0.39 is 0 Å². The fraction of sp³-hybridized carbons (Fsp3) is 0.647. The van der Waals surface area contributed by atoms with Crippen LogP contribution in [0.5, 0.6) is 0 Å². The number of benzene rings is 1. The van der Waals surface area contributed by atoms with Crippen molar-refractivity contribution >= 4 is 0 Å². The lowest BCUT2D eigenvalue weighted by molar-refractivity contribution is 0.779. The van der Waals surface area contributed by atoms with Gasteiger partial charge in [-0.3, -0.25) is 0 Å². The van der Waals surface area contributed by atoms with Gasteiger partial charge in [-0.05, 0) is 59.4 Å². The fourth-order valence-electron chi connectivity index (χ4n) is 3.04. The summed E-state index contributed by atoms with van der Waals surface area (Å²) in [7, 11) is 0. The molecule has 0 saturated heterocycles. The smallest absolute Gasteiger partial charge is 0.0213 e. The van der Waals surface area contributed by atoms with Crippen LogP contribution in [0.2, 0.25) is 0 Å². The minimum atomic E-state index is 0.616. The van der Waals surface area contributed by atoms with Crippen molar-refractivity contribution in [2.75, 3.05) is 0 Å². The molecule has 0 aliphatic heterocycles. The van der Waals surface area contributed by atoms with Crippen molar-refractivity contribution in [1.29, 1.82) is 0 Å². The Morgan fingerprint density at radius 2 is 1.00 bits per heavy atom. The minimum Gasteiger partial charge on any atom is -0.0587 e. The van der Waals surface area contributed by atoms with Gasteiger partial charge in [0.2, 0.25) is 0 Å². The van der Waals surface area contributed by atoms with Crippen molar-refractivity contribution in [3.05, 3.63) is 33.9 Å². The number of hydrogen-bond acceptors (Lipinski definition) is 0. The third-order valence-corrected chi connectivity index (χ3v) is 3.81. The largest absolute Gasteiger partial charge is 0.0587 e. The van der Waals surface area contributed by atoms with Gasteiger partial charge in [-0.2, -0.15) is 0 Å². The zero-order valence-electron chi connectivity index (χ0n) is 12.8. The second kappa shape index (κ2) is 5.25. The van der Waals surface area contributed by atoms with E-state index in [-0.39, 0.29) is 0 Å². The molecule has 17 heavy (non-hydrogen) atoms. The second-order valence-electron chi connectivity index (χ2n) is 6.18. The highest BCUT2D eigenvalue weighted by Crippen LogP contribution is 2.34. The normalized spacial score (nSPS) is 11.9. The molecule has 0 fully saturated rings. The Bertz CT molecular complexity index is 363.